The largest absolute Gasteiger partial charge is 0.342 e. The molecule has 5 heteroatoms. The van der Waals surface area contributed by atoms with E-state index in [1.165, 1.54) is 16.3 Å². The van der Waals surface area contributed by atoms with Crippen LogP contribution in [0.1, 0.15) is 40.4 Å². The number of benzene rings is 3. The molecule has 2 aliphatic rings. The first kappa shape index (κ1) is 17.7. The first-order valence-corrected chi connectivity index (χ1v) is 10.6. The second-order valence-electron chi connectivity index (χ2n) is 8.71. The first-order chi connectivity index (χ1) is 14.6. The zero-order valence-electron chi connectivity index (χ0n) is 17.0. The standard InChI is InChI=1S/C25H24N4O/c1-16-11-18-15-29(19-13-26-14-19)28-23(18)12-21(16)24(30)27-25(9-10-25)22-8-4-6-17-5-2-3-7-20(17)22/h2-8,11-12,15,19,26H,9-10,13-14H2,1H3,(H,27,30). The van der Waals surface area contributed by atoms with Gasteiger partial charge in [-0.3, -0.25) is 9.48 Å². The summed E-state index contributed by atoms with van der Waals surface area (Å²) in [6, 6.07) is 19.2. The Morgan fingerprint density at radius 2 is 1.90 bits per heavy atom. The molecule has 4 aromatic rings. The second kappa shape index (κ2) is 6.41. The van der Waals surface area contributed by atoms with Gasteiger partial charge in [-0.2, -0.15) is 5.10 Å². The van der Waals surface area contributed by atoms with E-state index in [1.807, 2.05) is 17.7 Å². The van der Waals surface area contributed by atoms with Crippen molar-refractivity contribution in [2.75, 3.05) is 13.1 Å². The molecule has 2 heterocycles. The Kier molecular flexibility index (Phi) is 3.77. The maximum atomic E-state index is 13.3. The summed E-state index contributed by atoms with van der Waals surface area (Å²) in [4.78, 5) is 13.3. The third kappa shape index (κ3) is 2.73. The molecule has 0 radical (unpaired) electrons. The molecule has 30 heavy (non-hydrogen) atoms. The van der Waals surface area contributed by atoms with Crippen LogP contribution in [-0.2, 0) is 5.54 Å². The van der Waals surface area contributed by atoms with E-state index in [4.69, 9.17) is 5.10 Å². The number of nitrogens with zero attached hydrogens (tertiary/aromatic N) is 2. The highest BCUT2D eigenvalue weighted by molar-refractivity contribution is 6.00. The van der Waals surface area contributed by atoms with Crippen LogP contribution in [0, 0.1) is 6.92 Å². The zero-order chi connectivity index (χ0) is 20.3. The molecule has 0 unspecified atom stereocenters. The topological polar surface area (TPSA) is 59.0 Å². The van der Waals surface area contributed by atoms with Gasteiger partial charge in [0.2, 0.25) is 0 Å². The molecule has 0 bridgehead atoms. The summed E-state index contributed by atoms with van der Waals surface area (Å²) in [5, 5.41) is 14.9. The van der Waals surface area contributed by atoms with Gasteiger partial charge >= 0.3 is 0 Å². The SMILES string of the molecule is Cc1cc2cn(C3CNC3)nc2cc1C(=O)NC1(c2cccc3ccccc23)CC1. The number of carbonyl (C=O) groups is 1. The molecule has 1 aliphatic carbocycles. The maximum absolute atomic E-state index is 13.3. The molecule has 1 amide bonds. The summed E-state index contributed by atoms with van der Waals surface area (Å²) in [7, 11) is 0. The number of fused-ring (bicyclic) bond motifs is 2. The summed E-state index contributed by atoms with van der Waals surface area (Å²) < 4.78 is 2.03. The molecule has 0 spiro atoms. The van der Waals surface area contributed by atoms with Crippen LogP contribution in [0.3, 0.4) is 0 Å². The molecular weight excluding hydrogens is 372 g/mol. The highest BCUT2D eigenvalue weighted by Crippen LogP contribution is 2.48. The predicted octanol–water partition coefficient (Wildman–Crippen LogP) is 4.06. The van der Waals surface area contributed by atoms with Crippen molar-refractivity contribution in [2.24, 2.45) is 0 Å². The Morgan fingerprint density at radius 1 is 1.10 bits per heavy atom. The average molecular weight is 396 g/mol. The first-order valence-electron chi connectivity index (χ1n) is 10.6. The van der Waals surface area contributed by atoms with Crippen LogP contribution >= 0.6 is 0 Å². The van der Waals surface area contributed by atoms with Crippen molar-refractivity contribution in [1.29, 1.82) is 0 Å². The van der Waals surface area contributed by atoms with Crippen LogP contribution in [0.4, 0.5) is 0 Å². The third-order valence-corrected chi connectivity index (χ3v) is 6.65. The number of amides is 1. The van der Waals surface area contributed by atoms with Crippen molar-refractivity contribution in [3.8, 4) is 0 Å². The fraction of sp³-hybridized carbons (Fsp3) is 0.280. The molecular formula is C25H24N4O. The van der Waals surface area contributed by atoms with Crippen molar-refractivity contribution in [3.05, 3.63) is 77.5 Å². The van der Waals surface area contributed by atoms with Gasteiger partial charge in [0.15, 0.2) is 0 Å². The predicted molar refractivity (Wildman–Crippen MR) is 119 cm³/mol. The van der Waals surface area contributed by atoms with Crippen molar-refractivity contribution >= 4 is 27.6 Å². The summed E-state index contributed by atoms with van der Waals surface area (Å²) in [6.07, 6.45) is 4.03. The average Bonchev–Trinajstić information content (AvgIpc) is 3.37. The van der Waals surface area contributed by atoms with Crippen LogP contribution in [0.25, 0.3) is 21.7 Å². The van der Waals surface area contributed by atoms with Gasteiger partial charge in [-0.05, 0) is 53.8 Å². The van der Waals surface area contributed by atoms with Crippen LogP contribution in [0.5, 0.6) is 0 Å². The Hall–Kier alpha value is -3.18. The van der Waals surface area contributed by atoms with Crippen LogP contribution < -0.4 is 10.6 Å². The molecule has 1 aliphatic heterocycles. The van der Waals surface area contributed by atoms with Crippen molar-refractivity contribution in [3.63, 3.8) is 0 Å². The maximum Gasteiger partial charge on any atom is 0.252 e. The number of carbonyl (C=O) groups excluding carboxylic acids is 1. The lowest BCUT2D eigenvalue weighted by molar-refractivity contribution is 0.0930. The van der Waals surface area contributed by atoms with E-state index in [0.29, 0.717) is 11.6 Å². The Bertz CT molecular complexity index is 1290. The van der Waals surface area contributed by atoms with Gasteiger partial charge in [-0.1, -0.05) is 42.5 Å². The highest BCUT2D eigenvalue weighted by Gasteiger charge is 2.46. The lowest BCUT2D eigenvalue weighted by atomic mass is 9.96. The molecule has 1 saturated heterocycles. The van der Waals surface area contributed by atoms with E-state index in [9.17, 15) is 4.79 Å². The number of hydrogen-bond donors (Lipinski definition) is 2. The van der Waals surface area contributed by atoms with Gasteiger partial charge in [-0.15, -0.1) is 0 Å². The molecule has 1 saturated carbocycles. The zero-order valence-corrected chi connectivity index (χ0v) is 17.0. The molecule has 5 nitrogen and oxygen atoms in total. The minimum atomic E-state index is -0.268. The Labute approximate surface area is 175 Å². The lowest BCUT2D eigenvalue weighted by Crippen LogP contribution is -2.43. The lowest BCUT2D eigenvalue weighted by Gasteiger charge is -2.27. The van der Waals surface area contributed by atoms with Gasteiger partial charge < -0.3 is 10.6 Å². The Morgan fingerprint density at radius 3 is 2.67 bits per heavy atom. The van der Waals surface area contributed by atoms with E-state index in [0.717, 1.165) is 42.4 Å². The smallest absolute Gasteiger partial charge is 0.252 e. The third-order valence-electron chi connectivity index (χ3n) is 6.65. The van der Waals surface area contributed by atoms with Gasteiger partial charge in [0.05, 0.1) is 17.1 Å². The molecule has 2 fully saturated rings. The van der Waals surface area contributed by atoms with Crippen LogP contribution in [-0.4, -0.2) is 28.8 Å². The van der Waals surface area contributed by atoms with Crippen LogP contribution in [0.15, 0.2) is 60.8 Å². The molecule has 2 N–H and O–H groups in total. The van der Waals surface area contributed by atoms with Gasteiger partial charge in [-0.25, -0.2) is 0 Å². The Balaban J connectivity index is 1.34. The van der Waals surface area contributed by atoms with E-state index in [-0.39, 0.29) is 11.4 Å². The van der Waals surface area contributed by atoms with E-state index >= 15 is 0 Å². The summed E-state index contributed by atoms with van der Waals surface area (Å²) in [5.74, 6) is -0.0142. The monoisotopic (exact) mass is 396 g/mol. The van der Waals surface area contributed by atoms with Gasteiger partial charge in [0, 0.05) is 30.2 Å². The minimum Gasteiger partial charge on any atom is -0.342 e. The fourth-order valence-electron chi connectivity index (χ4n) is 4.61. The number of rotatable bonds is 4. The normalized spacial score (nSPS) is 17.8. The second-order valence-corrected chi connectivity index (χ2v) is 8.71. The summed E-state index contributed by atoms with van der Waals surface area (Å²) in [6.45, 7) is 3.91. The van der Waals surface area contributed by atoms with Gasteiger partial charge in [0.1, 0.15) is 0 Å². The molecule has 6 rings (SSSR count). The van der Waals surface area contributed by atoms with E-state index < -0.39 is 0 Å². The van der Waals surface area contributed by atoms with Crippen molar-refractivity contribution < 1.29 is 4.79 Å². The van der Waals surface area contributed by atoms with Crippen molar-refractivity contribution in [1.82, 2.24) is 20.4 Å². The van der Waals surface area contributed by atoms with Gasteiger partial charge in [0.25, 0.3) is 5.91 Å². The quantitative estimate of drug-likeness (QED) is 0.547. The summed E-state index contributed by atoms with van der Waals surface area (Å²) in [5.41, 5.74) is 3.53. The molecule has 150 valence electrons. The molecule has 3 aromatic carbocycles. The molecule has 1 aromatic heterocycles. The van der Waals surface area contributed by atoms with E-state index in [1.54, 1.807) is 0 Å². The number of hydrogen-bond acceptors (Lipinski definition) is 3. The van der Waals surface area contributed by atoms with Crippen molar-refractivity contribution in [2.45, 2.75) is 31.3 Å². The number of aryl methyl sites for hydroxylation is 1. The van der Waals surface area contributed by atoms with E-state index in [2.05, 4.69) is 65.4 Å². The number of aromatic nitrogens is 2. The van der Waals surface area contributed by atoms with Crippen LogP contribution in [0.2, 0.25) is 0 Å². The highest BCUT2D eigenvalue weighted by atomic mass is 16.1. The molecule has 0 atom stereocenters. The number of nitrogens with one attached hydrogen (secondary N) is 2. The minimum absolute atomic E-state index is 0.0142. The fourth-order valence-corrected chi connectivity index (χ4v) is 4.61. The summed E-state index contributed by atoms with van der Waals surface area (Å²) >= 11 is 0.